The van der Waals surface area contributed by atoms with Crippen molar-refractivity contribution in [1.29, 1.82) is 0 Å². The minimum atomic E-state index is 0.0723. The first-order valence-electron chi connectivity index (χ1n) is 8.20. The minimum Gasteiger partial charge on any atom is -0.311 e. The van der Waals surface area contributed by atoms with Crippen LogP contribution < -0.4 is 5.32 Å². The third-order valence-corrected chi connectivity index (χ3v) is 4.69. The molecule has 25 heavy (non-hydrogen) atoms. The number of benzene rings is 2. The second-order valence-corrected chi connectivity index (χ2v) is 6.45. The molecule has 1 aliphatic heterocycles. The lowest BCUT2D eigenvalue weighted by Gasteiger charge is -2.16. The molecule has 126 valence electrons. The lowest BCUT2D eigenvalue weighted by Crippen LogP contribution is -2.18. The number of rotatable bonds is 3. The number of aromatic nitrogens is 3. The van der Waals surface area contributed by atoms with Crippen molar-refractivity contribution >= 4 is 17.3 Å². The number of nitrogens with one attached hydrogen (secondary N) is 1. The molecule has 3 aromatic rings. The fourth-order valence-corrected chi connectivity index (χ4v) is 3.25. The van der Waals surface area contributed by atoms with Gasteiger partial charge in [0.1, 0.15) is 6.54 Å². The lowest BCUT2D eigenvalue weighted by molar-refractivity contribution is 0.595. The van der Waals surface area contributed by atoms with E-state index in [1.54, 1.807) is 0 Å². The molecule has 1 aliphatic rings. The van der Waals surface area contributed by atoms with Crippen LogP contribution >= 0.6 is 11.6 Å². The van der Waals surface area contributed by atoms with Crippen molar-refractivity contribution in [3.63, 3.8) is 0 Å². The molecule has 5 nitrogen and oxygen atoms in total. The average Bonchev–Trinajstić information content (AvgIpc) is 2.99. The lowest BCUT2D eigenvalue weighted by atomic mass is 10.0. The van der Waals surface area contributed by atoms with Gasteiger partial charge in [0, 0.05) is 16.1 Å². The Bertz CT molecular complexity index is 946. The summed E-state index contributed by atoms with van der Waals surface area (Å²) in [4.78, 5) is 4.83. The molecule has 4 rings (SSSR count). The van der Waals surface area contributed by atoms with Gasteiger partial charge in [0.05, 0.1) is 17.4 Å². The van der Waals surface area contributed by atoms with Gasteiger partial charge in [-0.2, -0.15) is 0 Å². The standard InChI is InChI=1S/C19H18ClN5/c1-12(21-2)19-24-23-17-11-22-18(13-6-4-3-5-7-13)15-10-14(20)8-9-16(15)25(17)19/h3-10,12,21H,11H2,1-2H3. The fourth-order valence-electron chi connectivity index (χ4n) is 3.08. The zero-order chi connectivity index (χ0) is 17.4. The number of nitrogens with zero attached hydrogens (tertiary/aromatic N) is 4. The maximum atomic E-state index is 6.31. The monoisotopic (exact) mass is 351 g/mol. The van der Waals surface area contributed by atoms with Crippen molar-refractivity contribution in [2.24, 2.45) is 4.99 Å². The molecule has 2 heterocycles. The third kappa shape index (κ3) is 2.75. The Hall–Kier alpha value is -2.50. The summed E-state index contributed by atoms with van der Waals surface area (Å²) in [7, 11) is 1.91. The highest BCUT2D eigenvalue weighted by atomic mass is 35.5. The molecule has 1 aromatic heterocycles. The van der Waals surface area contributed by atoms with Crippen molar-refractivity contribution in [2.75, 3.05) is 7.05 Å². The molecule has 0 saturated carbocycles. The number of halogens is 1. The molecule has 1 unspecified atom stereocenters. The van der Waals surface area contributed by atoms with Crippen LogP contribution in [0.2, 0.25) is 5.02 Å². The zero-order valence-corrected chi connectivity index (χ0v) is 14.8. The summed E-state index contributed by atoms with van der Waals surface area (Å²) in [6.07, 6.45) is 0. The molecule has 0 amide bonds. The quantitative estimate of drug-likeness (QED) is 0.785. The van der Waals surface area contributed by atoms with Crippen molar-refractivity contribution < 1.29 is 0 Å². The van der Waals surface area contributed by atoms with E-state index in [2.05, 4.69) is 39.1 Å². The molecule has 0 bridgehead atoms. The van der Waals surface area contributed by atoms with Gasteiger partial charge in [-0.15, -0.1) is 10.2 Å². The van der Waals surface area contributed by atoms with Gasteiger partial charge < -0.3 is 5.32 Å². The van der Waals surface area contributed by atoms with Crippen LogP contribution in [0.15, 0.2) is 53.5 Å². The normalized spacial score (nSPS) is 14.3. The van der Waals surface area contributed by atoms with Crippen molar-refractivity contribution in [3.05, 3.63) is 76.3 Å². The van der Waals surface area contributed by atoms with E-state index in [0.717, 1.165) is 34.2 Å². The van der Waals surface area contributed by atoms with Crippen LogP contribution in [-0.4, -0.2) is 27.5 Å². The first kappa shape index (κ1) is 16.0. The maximum Gasteiger partial charge on any atom is 0.159 e. The first-order chi connectivity index (χ1) is 12.2. The summed E-state index contributed by atoms with van der Waals surface area (Å²) in [5.41, 5.74) is 3.98. The highest BCUT2D eigenvalue weighted by Gasteiger charge is 2.24. The van der Waals surface area contributed by atoms with Gasteiger partial charge in [-0.05, 0) is 32.2 Å². The number of fused-ring (bicyclic) bond motifs is 3. The van der Waals surface area contributed by atoms with Crippen LogP contribution in [0.4, 0.5) is 0 Å². The van der Waals surface area contributed by atoms with E-state index in [4.69, 9.17) is 16.6 Å². The number of hydrogen-bond acceptors (Lipinski definition) is 4. The van der Waals surface area contributed by atoms with Crippen LogP contribution in [0, 0.1) is 0 Å². The SMILES string of the molecule is CNC(C)c1nnc2n1-c1ccc(Cl)cc1C(c1ccccc1)=NC2. The maximum absolute atomic E-state index is 6.31. The van der Waals surface area contributed by atoms with Crippen molar-refractivity contribution in [3.8, 4) is 5.69 Å². The molecule has 0 fully saturated rings. The van der Waals surface area contributed by atoms with Gasteiger partial charge in [-0.3, -0.25) is 9.56 Å². The Labute approximate surface area is 151 Å². The van der Waals surface area contributed by atoms with E-state index in [0.29, 0.717) is 11.6 Å². The van der Waals surface area contributed by atoms with Crippen LogP contribution in [0.5, 0.6) is 0 Å². The zero-order valence-electron chi connectivity index (χ0n) is 14.1. The molecule has 1 atom stereocenters. The van der Waals surface area contributed by atoms with Crippen LogP contribution in [0.25, 0.3) is 5.69 Å². The van der Waals surface area contributed by atoms with Gasteiger partial charge >= 0.3 is 0 Å². The highest BCUT2D eigenvalue weighted by Crippen LogP contribution is 2.29. The summed E-state index contributed by atoms with van der Waals surface area (Å²) in [6, 6.07) is 16.1. The fraction of sp³-hybridized carbons (Fsp3) is 0.211. The molecule has 0 aliphatic carbocycles. The molecule has 0 spiro atoms. The number of hydrogen-bond donors (Lipinski definition) is 1. The molecular formula is C19H18ClN5. The topological polar surface area (TPSA) is 55.1 Å². The van der Waals surface area contributed by atoms with E-state index in [1.165, 1.54) is 0 Å². The minimum absolute atomic E-state index is 0.0723. The average molecular weight is 352 g/mol. The molecule has 0 radical (unpaired) electrons. The molecule has 6 heteroatoms. The predicted octanol–water partition coefficient (Wildman–Crippen LogP) is 3.55. The van der Waals surface area contributed by atoms with Gasteiger partial charge in [0.25, 0.3) is 0 Å². The van der Waals surface area contributed by atoms with Crippen molar-refractivity contribution in [2.45, 2.75) is 19.5 Å². The van der Waals surface area contributed by atoms with Crippen LogP contribution in [0.1, 0.15) is 35.7 Å². The van der Waals surface area contributed by atoms with E-state index in [9.17, 15) is 0 Å². The van der Waals surface area contributed by atoms with E-state index in [-0.39, 0.29) is 6.04 Å². The predicted molar refractivity (Wildman–Crippen MR) is 99.6 cm³/mol. The third-order valence-electron chi connectivity index (χ3n) is 4.46. The summed E-state index contributed by atoms with van der Waals surface area (Å²) >= 11 is 6.31. The summed E-state index contributed by atoms with van der Waals surface area (Å²) in [6.45, 7) is 2.54. The van der Waals surface area contributed by atoms with E-state index < -0.39 is 0 Å². The van der Waals surface area contributed by atoms with Crippen molar-refractivity contribution in [1.82, 2.24) is 20.1 Å². The summed E-state index contributed by atoms with van der Waals surface area (Å²) in [5, 5.41) is 12.7. The van der Waals surface area contributed by atoms with Gasteiger partial charge in [-0.1, -0.05) is 41.9 Å². The largest absolute Gasteiger partial charge is 0.311 e. The van der Waals surface area contributed by atoms with Gasteiger partial charge in [0.15, 0.2) is 11.6 Å². The summed E-state index contributed by atoms with van der Waals surface area (Å²) in [5.74, 6) is 1.69. The Morgan fingerprint density at radius 1 is 1.12 bits per heavy atom. The Morgan fingerprint density at radius 3 is 2.68 bits per heavy atom. The highest BCUT2D eigenvalue weighted by molar-refractivity contribution is 6.31. The molecule has 2 aromatic carbocycles. The van der Waals surface area contributed by atoms with Gasteiger partial charge in [0.2, 0.25) is 0 Å². The Morgan fingerprint density at radius 2 is 1.92 bits per heavy atom. The molecule has 1 N–H and O–H groups in total. The van der Waals surface area contributed by atoms with E-state index in [1.807, 2.05) is 43.4 Å². The number of aliphatic imine (C=N–C) groups is 1. The van der Waals surface area contributed by atoms with Crippen LogP contribution in [-0.2, 0) is 6.54 Å². The Kier molecular flexibility index (Phi) is 4.11. The summed E-state index contributed by atoms with van der Waals surface area (Å²) < 4.78 is 2.09. The molecular weight excluding hydrogens is 334 g/mol. The first-order valence-corrected chi connectivity index (χ1v) is 8.58. The Balaban J connectivity index is 1.97. The van der Waals surface area contributed by atoms with E-state index >= 15 is 0 Å². The second kappa shape index (κ2) is 6.43. The smallest absolute Gasteiger partial charge is 0.159 e. The second-order valence-electron chi connectivity index (χ2n) is 6.01. The van der Waals surface area contributed by atoms with Crippen LogP contribution in [0.3, 0.4) is 0 Å². The van der Waals surface area contributed by atoms with Gasteiger partial charge in [-0.25, -0.2) is 0 Å². The molecule has 0 saturated heterocycles.